The summed E-state index contributed by atoms with van der Waals surface area (Å²) in [6.45, 7) is 6.00. The molecule has 11 heavy (non-hydrogen) atoms. The summed E-state index contributed by atoms with van der Waals surface area (Å²) >= 11 is 0. The fraction of sp³-hybridized carbons (Fsp3) is 1.00. The van der Waals surface area contributed by atoms with Gasteiger partial charge in [-0.3, -0.25) is 0 Å². The third kappa shape index (κ3) is 4.52. The van der Waals surface area contributed by atoms with E-state index in [1.165, 1.54) is 0 Å². The first kappa shape index (κ1) is 11.1. The second-order valence-corrected chi connectivity index (χ2v) is 3.98. The van der Waals surface area contributed by atoms with Crippen LogP contribution in [-0.2, 0) is 9.47 Å². The zero-order chi connectivity index (χ0) is 8.69. The van der Waals surface area contributed by atoms with Gasteiger partial charge in [0, 0.05) is 29.0 Å². The molecular formula is C7H19NO2Si. The van der Waals surface area contributed by atoms with Crippen LogP contribution in [0, 0.1) is 0 Å². The van der Waals surface area contributed by atoms with Crippen LogP contribution < -0.4 is 5.73 Å². The van der Waals surface area contributed by atoms with Gasteiger partial charge in [0.05, 0.1) is 0 Å². The molecule has 0 aliphatic rings. The molecule has 68 valence electrons. The van der Waals surface area contributed by atoms with Gasteiger partial charge in [0.1, 0.15) is 0 Å². The van der Waals surface area contributed by atoms with Gasteiger partial charge >= 0.3 is 0 Å². The van der Waals surface area contributed by atoms with E-state index in [1.807, 2.05) is 13.8 Å². The molecule has 0 aromatic heterocycles. The predicted molar refractivity (Wildman–Crippen MR) is 49.8 cm³/mol. The number of nitrogens with two attached hydrogens (primary N) is 1. The molecule has 0 aromatic rings. The van der Waals surface area contributed by atoms with Crippen LogP contribution in [0.25, 0.3) is 0 Å². The fourth-order valence-corrected chi connectivity index (χ4v) is 1.20. The zero-order valence-electron chi connectivity index (χ0n) is 7.67. The van der Waals surface area contributed by atoms with E-state index in [1.54, 1.807) is 0 Å². The van der Waals surface area contributed by atoms with Gasteiger partial charge in [-0.2, -0.15) is 0 Å². The van der Waals surface area contributed by atoms with E-state index in [0.717, 1.165) is 10.2 Å². The molecule has 0 radical (unpaired) electrons. The topological polar surface area (TPSA) is 44.5 Å². The van der Waals surface area contributed by atoms with Gasteiger partial charge in [0.15, 0.2) is 6.29 Å². The highest BCUT2D eigenvalue weighted by Crippen LogP contribution is 2.09. The third-order valence-electron chi connectivity index (χ3n) is 1.50. The van der Waals surface area contributed by atoms with Crippen molar-refractivity contribution in [2.75, 3.05) is 19.8 Å². The summed E-state index contributed by atoms with van der Waals surface area (Å²) in [6.07, 6.45) is -0.0679. The SMILES string of the molecule is CCOC(OCC)C([SiH3])CN. The van der Waals surface area contributed by atoms with Crippen LogP contribution in [-0.4, -0.2) is 36.3 Å². The molecule has 0 saturated carbocycles. The van der Waals surface area contributed by atoms with Crippen molar-refractivity contribution >= 4 is 10.2 Å². The third-order valence-corrected chi connectivity index (χ3v) is 2.51. The Hall–Kier alpha value is 0.0969. The largest absolute Gasteiger partial charge is 0.353 e. The van der Waals surface area contributed by atoms with Crippen LogP contribution in [0.15, 0.2) is 0 Å². The Labute approximate surface area is 71.7 Å². The van der Waals surface area contributed by atoms with Gasteiger partial charge in [-0.25, -0.2) is 0 Å². The van der Waals surface area contributed by atoms with E-state index in [4.69, 9.17) is 15.2 Å². The van der Waals surface area contributed by atoms with E-state index < -0.39 is 0 Å². The van der Waals surface area contributed by atoms with Crippen molar-refractivity contribution in [1.82, 2.24) is 0 Å². The molecule has 0 rings (SSSR count). The first-order valence-electron chi connectivity index (χ1n) is 4.19. The Morgan fingerprint density at radius 1 is 1.27 bits per heavy atom. The van der Waals surface area contributed by atoms with E-state index in [9.17, 15) is 0 Å². The quantitative estimate of drug-likeness (QED) is 0.439. The molecule has 0 bridgehead atoms. The second-order valence-electron chi connectivity index (χ2n) is 2.49. The molecule has 1 unspecified atom stereocenters. The van der Waals surface area contributed by atoms with Crippen molar-refractivity contribution in [3.05, 3.63) is 0 Å². The maximum atomic E-state index is 5.51. The van der Waals surface area contributed by atoms with Gasteiger partial charge in [-0.15, -0.1) is 0 Å². The lowest BCUT2D eigenvalue weighted by molar-refractivity contribution is -0.137. The van der Waals surface area contributed by atoms with Crippen LogP contribution in [0.5, 0.6) is 0 Å². The number of ether oxygens (including phenoxy) is 2. The van der Waals surface area contributed by atoms with Crippen LogP contribution in [0.2, 0.25) is 5.54 Å². The van der Waals surface area contributed by atoms with E-state index in [0.29, 0.717) is 25.3 Å². The average molecular weight is 177 g/mol. The number of hydrogen-bond donors (Lipinski definition) is 1. The lowest BCUT2D eigenvalue weighted by atomic mass is 10.4. The maximum absolute atomic E-state index is 5.51. The molecule has 1 atom stereocenters. The van der Waals surface area contributed by atoms with Crippen LogP contribution >= 0.6 is 0 Å². The molecule has 0 fully saturated rings. The highest BCUT2D eigenvalue weighted by molar-refractivity contribution is 6.12. The summed E-state index contributed by atoms with van der Waals surface area (Å²) < 4.78 is 10.7. The van der Waals surface area contributed by atoms with Gasteiger partial charge < -0.3 is 15.2 Å². The molecule has 0 aromatic carbocycles. The maximum Gasteiger partial charge on any atom is 0.158 e. The first-order chi connectivity index (χ1) is 5.26. The highest BCUT2D eigenvalue weighted by Gasteiger charge is 2.15. The molecule has 0 heterocycles. The molecule has 2 N–H and O–H groups in total. The molecule has 4 heteroatoms. The van der Waals surface area contributed by atoms with Crippen LogP contribution in [0.4, 0.5) is 0 Å². The molecule has 0 aliphatic heterocycles. The zero-order valence-corrected chi connectivity index (χ0v) is 9.67. The molecule has 0 amide bonds. The number of hydrogen-bond acceptors (Lipinski definition) is 3. The Morgan fingerprint density at radius 3 is 2.00 bits per heavy atom. The molecular weight excluding hydrogens is 158 g/mol. The molecule has 0 spiro atoms. The smallest absolute Gasteiger partial charge is 0.158 e. The van der Waals surface area contributed by atoms with Gasteiger partial charge in [-0.05, 0) is 20.4 Å². The monoisotopic (exact) mass is 177 g/mol. The number of rotatable bonds is 6. The van der Waals surface area contributed by atoms with E-state index in [2.05, 4.69) is 0 Å². The highest BCUT2D eigenvalue weighted by atomic mass is 28.1. The average Bonchev–Trinajstić information content (AvgIpc) is 2.03. The van der Waals surface area contributed by atoms with E-state index in [-0.39, 0.29) is 6.29 Å². The minimum Gasteiger partial charge on any atom is -0.353 e. The fourth-order valence-electron chi connectivity index (χ4n) is 0.816. The Kier molecular flexibility index (Phi) is 6.85. The van der Waals surface area contributed by atoms with Crippen molar-refractivity contribution < 1.29 is 9.47 Å². The Morgan fingerprint density at radius 2 is 1.73 bits per heavy atom. The van der Waals surface area contributed by atoms with Crippen molar-refractivity contribution in [3.63, 3.8) is 0 Å². The van der Waals surface area contributed by atoms with Crippen molar-refractivity contribution in [1.29, 1.82) is 0 Å². The molecule has 0 saturated heterocycles. The lowest BCUT2D eigenvalue weighted by Gasteiger charge is -2.22. The van der Waals surface area contributed by atoms with Crippen molar-refractivity contribution in [2.24, 2.45) is 5.73 Å². The van der Waals surface area contributed by atoms with Crippen molar-refractivity contribution in [2.45, 2.75) is 25.7 Å². The summed E-state index contributed by atoms with van der Waals surface area (Å²) in [7, 11) is 1.03. The summed E-state index contributed by atoms with van der Waals surface area (Å²) in [4.78, 5) is 0. The Balaban J connectivity index is 3.66. The summed E-state index contributed by atoms with van der Waals surface area (Å²) in [6, 6.07) is 0. The standard InChI is InChI=1S/C7H19NO2Si/c1-3-9-7(10-4-2)6(11)5-8/h6-7H,3-5,8H2,1-2,11H3. The minimum absolute atomic E-state index is 0.0679. The van der Waals surface area contributed by atoms with Gasteiger partial charge in [0.25, 0.3) is 0 Å². The van der Waals surface area contributed by atoms with Gasteiger partial charge in [-0.1, -0.05) is 0 Å². The van der Waals surface area contributed by atoms with Crippen molar-refractivity contribution in [3.8, 4) is 0 Å². The Bertz CT molecular complexity index is 86.5. The summed E-state index contributed by atoms with van der Waals surface area (Å²) in [5, 5.41) is 0. The molecule has 3 nitrogen and oxygen atoms in total. The summed E-state index contributed by atoms with van der Waals surface area (Å²) in [5.74, 6) is 0. The summed E-state index contributed by atoms with van der Waals surface area (Å²) in [5.41, 5.74) is 5.92. The predicted octanol–water partition coefficient (Wildman–Crippen LogP) is -0.502. The second kappa shape index (κ2) is 6.79. The van der Waals surface area contributed by atoms with Crippen LogP contribution in [0.3, 0.4) is 0 Å². The van der Waals surface area contributed by atoms with E-state index >= 15 is 0 Å². The van der Waals surface area contributed by atoms with Gasteiger partial charge in [0.2, 0.25) is 0 Å². The minimum atomic E-state index is -0.0679. The van der Waals surface area contributed by atoms with Crippen LogP contribution in [0.1, 0.15) is 13.8 Å². The molecule has 0 aliphatic carbocycles. The first-order valence-corrected chi connectivity index (χ1v) is 5.34. The normalized spacial score (nSPS) is 14.2. The lowest BCUT2D eigenvalue weighted by Crippen LogP contribution is -2.28.